The van der Waals surface area contributed by atoms with Gasteiger partial charge in [-0.25, -0.2) is 4.98 Å². The Morgan fingerprint density at radius 1 is 1.00 bits per heavy atom. The highest BCUT2D eigenvalue weighted by Gasteiger charge is 2.33. The molecule has 0 amide bonds. The first-order chi connectivity index (χ1) is 14.6. The number of non-ortho nitro benzene ring substituents is 1. The molecule has 1 aliphatic rings. The number of aromatic nitrogens is 1. The van der Waals surface area contributed by atoms with Crippen LogP contribution in [0.1, 0.15) is 5.56 Å². The SMILES string of the molecule is O=[N+]([O-])c1ccc(N2N=C(c3ccc(Cl)cc3)[NH2+]N2c2nc3ccccc3s2)cc1.[Cl-]. The summed E-state index contributed by atoms with van der Waals surface area (Å²) in [6.07, 6.45) is 0. The molecule has 0 saturated heterocycles. The number of quaternary nitrogens is 1. The second-order valence-corrected chi connectivity index (χ2v) is 7.94. The molecule has 2 N–H and O–H groups in total. The largest absolute Gasteiger partial charge is 1.00 e. The number of benzene rings is 3. The average molecular weight is 473 g/mol. The van der Waals surface area contributed by atoms with Crippen molar-refractivity contribution in [2.24, 2.45) is 5.10 Å². The number of hydrogen-bond donors (Lipinski definition) is 1. The number of para-hydroxylation sites is 1. The van der Waals surface area contributed by atoms with Crippen LogP contribution in [0.4, 0.5) is 16.5 Å². The number of hydrogen-bond acceptors (Lipinski definition) is 7. The van der Waals surface area contributed by atoms with Crippen LogP contribution < -0.4 is 28.1 Å². The van der Waals surface area contributed by atoms with Gasteiger partial charge >= 0.3 is 0 Å². The first kappa shape index (κ1) is 21.0. The van der Waals surface area contributed by atoms with Gasteiger partial charge in [-0.05, 0) is 48.5 Å². The normalized spacial score (nSPS) is 13.3. The molecule has 0 fully saturated rings. The second-order valence-electron chi connectivity index (χ2n) is 6.49. The van der Waals surface area contributed by atoms with Gasteiger partial charge in [-0.2, -0.15) is 5.43 Å². The van der Waals surface area contributed by atoms with Gasteiger partial charge in [0.1, 0.15) is 0 Å². The van der Waals surface area contributed by atoms with Gasteiger partial charge in [0, 0.05) is 17.2 Å². The summed E-state index contributed by atoms with van der Waals surface area (Å²) in [4.78, 5) is 15.3. The van der Waals surface area contributed by atoms with Crippen molar-refractivity contribution in [1.29, 1.82) is 0 Å². The molecule has 0 aliphatic carbocycles. The highest BCUT2D eigenvalue weighted by Crippen LogP contribution is 2.31. The van der Waals surface area contributed by atoms with Crippen molar-refractivity contribution in [1.82, 2.24) is 4.98 Å². The van der Waals surface area contributed by atoms with Crippen molar-refractivity contribution in [3.05, 3.63) is 93.5 Å². The maximum atomic E-state index is 11.0. The molecule has 156 valence electrons. The summed E-state index contributed by atoms with van der Waals surface area (Å²) in [5.41, 5.74) is 4.39. The molecule has 0 radical (unpaired) electrons. The predicted octanol–water partition coefficient (Wildman–Crippen LogP) is 0.944. The van der Waals surface area contributed by atoms with Gasteiger partial charge in [-0.15, -0.1) is 5.12 Å². The molecule has 0 atom stereocenters. The Balaban J connectivity index is 0.00000231. The van der Waals surface area contributed by atoms with Crippen molar-refractivity contribution >= 4 is 55.5 Å². The van der Waals surface area contributed by atoms with Crippen LogP contribution in [0.2, 0.25) is 5.02 Å². The third kappa shape index (κ3) is 4.04. The Morgan fingerprint density at radius 3 is 2.39 bits per heavy atom. The van der Waals surface area contributed by atoms with E-state index in [2.05, 4.69) is 0 Å². The van der Waals surface area contributed by atoms with Crippen LogP contribution in [-0.2, 0) is 0 Å². The number of thiazole rings is 1. The van der Waals surface area contributed by atoms with Crippen LogP contribution in [0.15, 0.2) is 77.9 Å². The maximum Gasteiger partial charge on any atom is 0.277 e. The number of amidine groups is 1. The highest BCUT2D eigenvalue weighted by molar-refractivity contribution is 7.22. The summed E-state index contributed by atoms with van der Waals surface area (Å²) in [6, 6.07) is 21.6. The number of nitro benzene ring substituents is 1. The molecule has 11 heteroatoms. The lowest BCUT2D eigenvalue weighted by Gasteiger charge is -2.20. The predicted molar refractivity (Wildman–Crippen MR) is 118 cm³/mol. The molecule has 1 aliphatic heterocycles. The topological polar surface area (TPSA) is 91.5 Å². The van der Waals surface area contributed by atoms with E-state index in [-0.39, 0.29) is 18.1 Å². The molecule has 8 nitrogen and oxygen atoms in total. The zero-order chi connectivity index (χ0) is 20.7. The van der Waals surface area contributed by atoms with E-state index in [0.29, 0.717) is 10.7 Å². The molecule has 2 heterocycles. The Morgan fingerprint density at radius 2 is 1.71 bits per heavy atom. The third-order valence-electron chi connectivity index (χ3n) is 4.56. The molecule has 5 rings (SSSR count). The van der Waals surface area contributed by atoms with Gasteiger partial charge < -0.3 is 12.4 Å². The lowest BCUT2D eigenvalue weighted by Crippen LogP contribution is -3.00. The quantitative estimate of drug-likeness (QED) is 0.271. The minimum atomic E-state index is -0.423. The Labute approximate surface area is 191 Å². The highest BCUT2D eigenvalue weighted by atomic mass is 35.5. The van der Waals surface area contributed by atoms with Gasteiger partial charge in [0.05, 0.1) is 26.4 Å². The van der Waals surface area contributed by atoms with E-state index in [1.807, 2.05) is 59.1 Å². The first-order valence-electron chi connectivity index (χ1n) is 8.97. The number of fused-ring (bicyclic) bond motifs is 1. The summed E-state index contributed by atoms with van der Waals surface area (Å²) in [7, 11) is 0. The first-order valence-corrected chi connectivity index (χ1v) is 10.2. The van der Waals surface area contributed by atoms with E-state index in [0.717, 1.165) is 26.7 Å². The van der Waals surface area contributed by atoms with E-state index >= 15 is 0 Å². The van der Waals surface area contributed by atoms with Crippen LogP contribution in [0.25, 0.3) is 10.2 Å². The lowest BCUT2D eigenvalue weighted by atomic mass is 10.2. The number of nitro groups is 1. The number of nitrogens with two attached hydrogens (primary N) is 1. The van der Waals surface area contributed by atoms with Crippen LogP contribution in [0.5, 0.6) is 0 Å². The fourth-order valence-corrected chi connectivity index (χ4v) is 4.14. The van der Waals surface area contributed by atoms with Gasteiger partial charge in [-0.1, -0.05) is 45.3 Å². The van der Waals surface area contributed by atoms with Crippen LogP contribution >= 0.6 is 22.9 Å². The molecule has 31 heavy (non-hydrogen) atoms. The minimum Gasteiger partial charge on any atom is -1.00 e. The summed E-state index contributed by atoms with van der Waals surface area (Å²) >= 11 is 7.56. The Bertz CT molecular complexity index is 1240. The number of anilines is 2. The molecule has 4 aromatic rings. The summed E-state index contributed by atoms with van der Waals surface area (Å²) in [5, 5.41) is 20.7. The number of rotatable bonds is 4. The molecule has 0 spiro atoms. The van der Waals surface area contributed by atoms with Crippen molar-refractivity contribution in [2.75, 3.05) is 10.2 Å². The van der Waals surface area contributed by atoms with E-state index in [9.17, 15) is 10.1 Å². The van der Waals surface area contributed by atoms with Crippen LogP contribution in [0.3, 0.4) is 0 Å². The molecular formula is C20H14Cl2N6O2S. The fraction of sp³-hybridized carbons (Fsp3) is 0. The van der Waals surface area contributed by atoms with Crippen molar-refractivity contribution in [3.63, 3.8) is 0 Å². The van der Waals surface area contributed by atoms with Gasteiger partial charge in [0.25, 0.3) is 16.7 Å². The summed E-state index contributed by atoms with van der Waals surface area (Å²) in [5.74, 6) is 0.726. The summed E-state index contributed by atoms with van der Waals surface area (Å²) in [6.45, 7) is 0. The summed E-state index contributed by atoms with van der Waals surface area (Å²) < 4.78 is 1.06. The zero-order valence-corrected chi connectivity index (χ0v) is 18.1. The molecule has 0 unspecified atom stereocenters. The number of hydrazine groups is 1. The van der Waals surface area contributed by atoms with Crippen molar-refractivity contribution < 1.29 is 22.8 Å². The maximum absolute atomic E-state index is 11.0. The zero-order valence-electron chi connectivity index (χ0n) is 15.7. The Hall–Kier alpha value is -3.24. The monoisotopic (exact) mass is 472 g/mol. The number of halogens is 2. The van der Waals surface area contributed by atoms with Gasteiger partial charge in [0.15, 0.2) is 0 Å². The molecule has 3 aromatic carbocycles. The number of nitrogens with zero attached hydrogens (tertiary/aromatic N) is 5. The Kier molecular flexibility index (Phi) is 5.75. The average Bonchev–Trinajstić information content (AvgIpc) is 3.39. The fourth-order valence-electron chi connectivity index (χ4n) is 3.08. The minimum absolute atomic E-state index is 0. The number of hydrazone groups is 1. The van der Waals surface area contributed by atoms with E-state index < -0.39 is 4.92 Å². The van der Waals surface area contributed by atoms with Gasteiger partial charge in [0.2, 0.25) is 0 Å². The van der Waals surface area contributed by atoms with Crippen LogP contribution in [0, 0.1) is 10.1 Å². The smallest absolute Gasteiger partial charge is 0.277 e. The van der Waals surface area contributed by atoms with Crippen molar-refractivity contribution in [2.45, 2.75) is 0 Å². The molecule has 1 aromatic heterocycles. The van der Waals surface area contributed by atoms with Crippen LogP contribution in [-0.4, -0.2) is 15.7 Å². The molecule has 0 bridgehead atoms. The molecular weight excluding hydrogens is 459 g/mol. The van der Waals surface area contributed by atoms with E-state index in [1.54, 1.807) is 17.3 Å². The van der Waals surface area contributed by atoms with E-state index in [1.165, 1.54) is 23.5 Å². The van der Waals surface area contributed by atoms with E-state index in [4.69, 9.17) is 21.7 Å². The second kappa shape index (κ2) is 8.48. The molecule has 0 saturated carbocycles. The van der Waals surface area contributed by atoms with Crippen molar-refractivity contribution in [3.8, 4) is 0 Å². The van der Waals surface area contributed by atoms with Gasteiger partial charge in [-0.3, -0.25) is 10.1 Å². The standard InChI is InChI=1S/C20H13ClN6O2S.ClH/c21-14-7-5-13(6-8-14)19-23-25(15-9-11-16(12-10-15)27(28)29)26(24-19)20-22-17-3-1-2-4-18(17)30-20;/h1-12H,(H,23,24);1H. The third-order valence-corrected chi connectivity index (χ3v) is 5.84. The lowest BCUT2D eigenvalue weighted by molar-refractivity contribution is -0.545.